The van der Waals surface area contributed by atoms with E-state index in [1.165, 1.54) is 25.7 Å². The molecular weight excluding hydrogens is 330 g/mol. The zero-order valence-electron chi connectivity index (χ0n) is 12.9. The minimum Gasteiger partial charge on any atom is -0.380 e. The molecule has 21 heavy (non-hydrogen) atoms. The molecule has 1 N–H and O–H groups in total. The fourth-order valence-corrected chi connectivity index (χ4v) is 3.43. The van der Waals surface area contributed by atoms with Gasteiger partial charge in [-0.1, -0.05) is 13.8 Å². The second-order valence-corrected chi connectivity index (χ2v) is 8.18. The molecule has 0 aromatic carbocycles. The van der Waals surface area contributed by atoms with E-state index in [-0.39, 0.29) is 5.56 Å². The lowest BCUT2D eigenvalue weighted by Crippen LogP contribution is -2.31. The Labute approximate surface area is 134 Å². The normalized spacial score (nSPS) is 22.2. The van der Waals surface area contributed by atoms with Crippen LogP contribution in [0.15, 0.2) is 15.5 Å². The minimum atomic E-state index is -0.0111. The summed E-state index contributed by atoms with van der Waals surface area (Å²) >= 11 is 3.45. The lowest BCUT2D eigenvalue weighted by molar-refractivity contribution is 0.232. The summed E-state index contributed by atoms with van der Waals surface area (Å²) in [6.07, 6.45) is 9.03. The second-order valence-electron chi connectivity index (χ2n) is 7.39. The number of anilines is 1. The van der Waals surface area contributed by atoms with Gasteiger partial charge in [0.05, 0.1) is 11.9 Å². The van der Waals surface area contributed by atoms with Gasteiger partial charge in [0.15, 0.2) is 0 Å². The topological polar surface area (TPSA) is 46.9 Å². The van der Waals surface area contributed by atoms with E-state index in [9.17, 15) is 4.79 Å². The maximum Gasteiger partial charge on any atom is 0.283 e. The van der Waals surface area contributed by atoms with Crippen LogP contribution in [0.4, 0.5) is 5.69 Å². The van der Waals surface area contributed by atoms with E-state index in [0.717, 1.165) is 25.1 Å². The number of nitrogens with one attached hydrogen (secondary N) is 1. The molecule has 3 rings (SSSR count). The molecule has 2 aliphatic rings. The number of hydrogen-bond acceptors (Lipinski definition) is 3. The molecule has 0 unspecified atom stereocenters. The van der Waals surface area contributed by atoms with E-state index in [2.05, 4.69) is 40.2 Å². The molecule has 0 bridgehead atoms. The van der Waals surface area contributed by atoms with Gasteiger partial charge in [-0.2, -0.15) is 5.10 Å². The predicted molar refractivity (Wildman–Crippen MR) is 88.6 cm³/mol. The minimum absolute atomic E-state index is 0.0111. The van der Waals surface area contributed by atoms with Crippen molar-refractivity contribution in [2.45, 2.75) is 65.0 Å². The van der Waals surface area contributed by atoms with Crippen LogP contribution in [0.5, 0.6) is 0 Å². The smallest absolute Gasteiger partial charge is 0.283 e. The molecular formula is C16H24BrN3O. The lowest BCUT2D eigenvalue weighted by Gasteiger charge is -2.35. The Bertz CT molecular complexity index is 567. The van der Waals surface area contributed by atoms with Gasteiger partial charge in [0.2, 0.25) is 0 Å². The summed E-state index contributed by atoms with van der Waals surface area (Å²) in [6, 6.07) is 0.454. The van der Waals surface area contributed by atoms with Gasteiger partial charge in [0, 0.05) is 12.6 Å². The molecule has 5 heteroatoms. The standard InChI is InChI=1S/C16H24BrN3O/c1-16(2)7-5-12(6-8-16)19-13-9-18-20(10-11-3-4-11)15(21)14(13)17/h9,11-12,19H,3-8,10H2,1-2H3. The van der Waals surface area contributed by atoms with Crippen molar-refractivity contribution in [3.63, 3.8) is 0 Å². The first-order valence-electron chi connectivity index (χ1n) is 7.97. The van der Waals surface area contributed by atoms with Crippen molar-refractivity contribution < 1.29 is 0 Å². The Balaban J connectivity index is 1.68. The van der Waals surface area contributed by atoms with E-state index in [1.54, 1.807) is 10.9 Å². The summed E-state index contributed by atoms with van der Waals surface area (Å²) in [5, 5.41) is 7.83. The van der Waals surface area contributed by atoms with Gasteiger partial charge in [-0.3, -0.25) is 4.79 Å². The molecule has 0 aliphatic heterocycles. The molecule has 0 amide bonds. The third-order valence-corrected chi connectivity index (χ3v) is 5.58. The van der Waals surface area contributed by atoms with Crippen molar-refractivity contribution >= 4 is 21.6 Å². The first-order valence-corrected chi connectivity index (χ1v) is 8.76. The second kappa shape index (κ2) is 5.75. The average Bonchev–Trinajstić information content (AvgIpc) is 3.24. The molecule has 0 atom stereocenters. The van der Waals surface area contributed by atoms with Crippen LogP contribution < -0.4 is 10.9 Å². The van der Waals surface area contributed by atoms with Crippen molar-refractivity contribution in [3.05, 3.63) is 21.0 Å². The maximum absolute atomic E-state index is 12.3. The predicted octanol–water partition coefficient (Wildman–Crippen LogP) is 3.80. The van der Waals surface area contributed by atoms with Crippen molar-refractivity contribution in [1.29, 1.82) is 0 Å². The highest BCUT2D eigenvalue weighted by Gasteiger charge is 2.27. The molecule has 2 aliphatic carbocycles. The molecule has 2 saturated carbocycles. The number of hydrogen-bond donors (Lipinski definition) is 1. The van der Waals surface area contributed by atoms with Crippen LogP contribution in [0.1, 0.15) is 52.4 Å². The number of aromatic nitrogens is 2. The van der Waals surface area contributed by atoms with E-state index in [1.807, 2.05) is 0 Å². The summed E-state index contributed by atoms with van der Waals surface area (Å²) in [4.78, 5) is 12.3. The Morgan fingerprint density at radius 3 is 2.62 bits per heavy atom. The largest absolute Gasteiger partial charge is 0.380 e. The summed E-state index contributed by atoms with van der Waals surface area (Å²) in [6.45, 7) is 5.43. The molecule has 0 radical (unpaired) electrons. The Morgan fingerprint density at radius 1 is 1.33 bits per heavy atom. The van der Waals surface area contributed by atoms with Crippen LogP contribution in [0, 0.1) is 11.3 Å². The average molecular weight is 354 g/mol. The number of halogens is 1. The Kier molecular flexibility index (Phi) is 4.12. The van der Waals surface area contributed by atoms with Crippen molar-refractivity contribution in [3.8, 4) is 0 Å². The van der Waals surface area contributed by atoms with Gasteiger partial charge >= 0.3 is 0 Å². The SMILES string of the molecule is CC1(C)CCC(Nc2cnn(CC3CC3)c(=O)c2Br)CC1. The third kappa shape index (κ3) is 3.68. The van der Waals surface area contributed by atoms with Crippen LogP contribution >= 0.6 is 15.9 Å². The van der Waals surface area contributed by atoms with E-state index < -0.39 is 0 Å². The van der Waals surface area contributed by atoms with Crippen LogP contribution in [-0.2, 0) is 6.54 Å². The summed E-state index contributed by atoms with van der Waals surface area (Å²) < 4.78 is 2.22. The van der Waals surface area contributed by atoms with Crippen molar-refractivity contribution in [1.82, 2.24) is 9.78 Å². The van der Waals surface area contributed by atoms with Gasteiger partial charge in [0.25, 0.3) is 5.56 Å². The molecule has 1 aromatic rings. The highest BCUT2D eigenvalue weighted by molar-refractivity contribution is 9.10. The Morgan fingerprint density at radius 2 is 2.00 bits per heavy atom. The molecule has 4 nitrogen and oxygen atoms in total. The van der Waals surface area contributed by atoms with E-state index >= 15 is 0 Å². The van der Waals surface area contributed by atoms with Gasteiger partial charge in [-0.15, -0.1) is 0 Å². The third-order valence-electron chi connectivity index (χ3n) is 4.81. The quantitative estimate of drug-likeness (QED) is 0.895. The summed E-state index contributed by atoms with van der Waals surface area (Å²) in [5.41, 5.74) is 1.29. The molecule has 1 heterocycles. The van der Waals surface area contributed by atoms with Gasteiger partial charge in [-0.05, 0) is 65.8 Å². The lowest BCUT2D eigenvalue weighted by atomic mass is 9.75. The zero-order valence-corrected chi connectivity index (χ0v) is 14.4. The molecule has 1 aromatic heterocycles. The first kappa shape index (κ1) is 15.1. The first-order chi connectivity index (χ1) is 9.94. The molecule has 2 fully saturated rings. The molecule has 116 valence electrons. The van der Waals surface area contributed by atoms with Crippen LogP contribution in [0.2, 0.25) is 0 Å². The maximum atomic E-state index is 12.3. The molecule has 0 saturated heterocycles. The van der Waals surface area contributed by atoms with Crippen LogP contribution in [0.25, 0.3) is 0 Å². The Hall–Kier alpha value is -0.840. The van der Waals surface area contributed by atoms with Crippen molar-refractivity contribution in [2.75, 3.05) is 5.32 Å². The zero-order chi connectivity index (χ0) is 15.0. The molecule has 0 spiro atoms. The van der Waals surface area contributed by atoms with Crippen molar-refractivity contribution in [2.24, 2.45) is 11.3 Å². The number of nitrogens with zero attached hydrogens (tertiary/aromatic N) is 2. The monoisotopic (exact) mass is 353 g/mol. The fourth-order valence-electron chi connectivity index (χ4n) is 3.00. The summed E-state index contributed by atoms with van der Waals surface area (Å²) in [5.74, 6) is 0.654. The summed E-state index contributed by atoms with van der Waals surface area (Å²) in [7, 11) is 0. The fraction of sp³-hybridized carbons (Fsp3) is 0.750. The van der Waals surface area contributed by atoms with E-state index in [4.69, 9.17) is 0 Å². The van der Waals surface area contributed by atoms with Gasteiger partial charge < -0.3 is 5.32 Å². The van der Waals surface area contributed by atoms with E-state index in [0.29, 0.717) is 21.8 Å². The van der Waals surface area contributed by atoms with Gasteiger partial charge in [0.1, 0.15) is 4.47 Å². The number of rotatable bonds is 4. The highest BCUT2D eigenvalue weighted by Crippen LogP contribution is 2.36. The van der Waals surface area contributed by atoms with Crippen LogP contribution in [0.3, 0.4) is 0 Å². The van der Waals surface area contributed by atoms with Crippen LogP contribution in [-0.4, -0.2) is 15.8 Å². The van der Waals surface area contributed by atoms with Gasteiger partial charge in [-0.25, -0.2) is 4.68 Å². The highest BCUT2D eigenvalue weighted by atomic mass is 79.9.